The maximum Gasteiger partial charge on any atom is 0.226 e. The first kappa shape index (κ1) is 35.1. The summed E-state index contributed by atoms with van der Waals surface area (Å²) >= 11 is 0. The topological polar surface area (TPSA) is 147 Å². The Morgan fingerprint density at radius 3 is 1.87 bits per heavy atom. The van der Waals surface area contributed by atoms with E-state index in [1.165, 1.54) is 13.8 Å². The fourth-order valence-corrected chi connectivity index (χ4v) is 9.49. The molecule has 2 bridgehead atoms. The molecule has 0 amide bonds. The lowest BCUT2D eigenvalue weighted by molar-refractivity contribution is -0.288. The Hall–Kier alpha value is -3.20. The van der Waals surface area contributed by atoms with Gasteiger partial charge in [-0.05, 0) is 67.7 Å². The molecule has 3 N–H and O–H groups in total. The molecule has 0 radical (unpaired) electrons. The maximum atomic E-state index is 14.4. The van der Waals surface area contributed by atoms with Crippen molar-refractivity contribution < 1.29 is 44.0 Å². The summed E-state index contributed by atoms with van der Waals surface area (Å²) in [7, 11) is 0. The Kier molecular flexibility index (Phi) is 7.42. The lowest BCUT2D eigenvalue weighted by Gasteiger charge is -2.60. The summed E-state index contributed by atoms with van der Waals surface area (Å²) in [4.78, 5) is 56.2. The van der Waals surface area contributed by atoms with Crippen LogP contribution in [0.1, 0.15) is 137 Å². The van der Waals surface area contributed by atoms with Crippen molar-refractivity contribution in [3.05, 3.63) is 28.0 Å². The third-order valence-corrected chi connectivity index (χ3v) is 11.7. The SMILES string of the molecule is CC(C)C(=O)c1c(O)c([C@H](C2=C(O)C(C)(C)C(=O)C(C)(C)C2=O)C(C)C)c(O)c2c1O[C@@]13OC(C)(C)C[C@H]1C2C(C)(C)C(=O)C3(C)C. The molecule has 2 fully saturated rings. The molecule has 4 atom stereocenters. The Labute approximate surface area is 278 Å². The third-order valence-electron chi connectivity index (χ3n) is 11.7. The summed E-state index contributed by atoms with van der Waals surface area (Å²) in [6.45, 7) is 24.1. The standard InChI is InChI=1S/C38H52O9/c1-16(2)19(21-29(42)35(9,10)31(44)36(11,12)30(21)43)20-26(40)22-24-18-15-33(5,6)47-38(18,37(13,14)32(45)34(24,7)8)46-28(22)23(27(20)41)25(39)17(3)4/h16-19,24,40-42H,15H2,1-14H3/t18-,19+,24?,38+/m0/s1. The van der Waals surface area contributed by atoms with Crippen LogP contribution in [0.5, 0.6) is 17.2 Å². The number of fused-ring (bicyclic) bond motifs is 2. The maximum absolute atomic E-state index is 14.4. The number of carbonyl (C=O) groups is 4. The minimum atomic E-state index is -1.51. The van der Waals surface area contributed by atoms with Gasteiger partial charge in [0.25, 0.3) is 0 Å². The molecule has 2 heterocycles. The molecule has 9 nitrogen and oxygen atoms in total. The van der Waals surface area contributed by atoms with E-state index in [0.717, 1.165) is 0 Å². The van der Waals surface area contributed by atoms with Crippen LogP contribution in [0.2, 0.25) is 0 Å². The minimum Gasteiger partial charge on any atom is -0.511 e. The van der Waals surface area contributed by atoms with E-state index in [1.54, 1.807) is 55.4 Å². The van der Waals surface area contributed by atoms with Crippen LogP contribution in [0, 0.1) is 39.4 Å². The number of phenols is 2. The summed E-state index contributed by atoms with van der Waals surface area (Å²) in [5.41, 5.74) is -6.07. The zero-order valence-electron chi connectivity index (χ0n) is 30.4. The highest BCUT2D eigenvalue weighted by Gasteiger charge is 2.76. The van der Waals surface area contributed by atoms with Gasteiger partial charge in [-0.3, -0.25) is 19.2 Å². The van der Waals surface area contributed by atoms with Crippen LogP contribution in [0.15, 0.2) is 11.3 Å². The second-order valence-electron chi connectivity index (χ2n) is 17.7. The number of hydrogen-bond acceptors (Lipinski definition) is 9. The first-order chi connectivity index (χ1) is 21.1. The molecule has 5 rings (SSSR count). The fraction of sp³-hybridized carbons (Fsp3) is 0.684. The third kappa shape index (κ3) is 4.23. The molecular formula is C38H52O9. The lowest BCUT2D eigenvalue weighted by atomic mass is 9.48. The second kappa shape index (κ2) is 9.93. The summed E-state index contributed by atoms with van der Waals surface area (Å²) in [6, 6.07) is 0. The zero-order valence-corrected chi connectivity index (χ0v) is 30.4. The predicted molar refractivity (Wildman–Crippen MR) is 176 cm³/mol. The van der Waals surface area contributed by atoms with Gasteiger partial charge in [0.05, 0.1) is 21.8 Å². The highest BCUT2D eigenvalue weighted by molar-refractivity contribution is 6.19. The number of carbonyl (C=O) groups excluding carboxylic acids is 4. The number of aromatic hydroxyl groups is 2. The van der Waals surface area contributed by atoms with Gasteiger partial charge in [0, 0.05) is 45.8 Å². The number of phenolic OH excluding ortho intramolecular Hbond substituents is 2. The van der Waals surface area contributed by atoms with Gasteiger partial charge in [0.2, 0.25) is 5.79 Å². The number of ketones is 4. The number of aliphatic hydroxyl groups is 1. The lowest BCUT2D eigenvalue weighted by Crippen LogP contribution is -2.69. The van der Waals surface area contributed by atoms with Gasteiger partial charge in [-0.25, -0.2) is 0 Å². The van der Waals surface area contributed by atoms with Crippen molar-refractivity contribution in [3.63, 3.8) is 0 Å². The quantitative estimate of drug-likeness (QED) is 0.220. The molecule has 47 heavy (non-hydrogen) atoms. The van der Waals surface area contributed by atoms with Gasteiger partial charge >= 0.3 is 0 Å². The first-order valence-electron chi connectivity index (χ1n) is 16.8. The first-order valence-corrected chi connectivity index (χ1v) is 16.8. The fourth-order valence-electron chi connectivity index (χ4n) is 9.49. The van der Waals surface area contributed by atoms with Crippen LogP contribution < -0.4 is 4.74 Å². The smallest absolute Gasteiger partial charge is 0.226 e. The Morgan fingerprint density at radius 1 is 0.809 bits per heavy atom. The summed E-state index contributed by atoms with van der Waals surface area (Å²) in [5, 5.41) is 36.4. The predicted octanol–water partition coefficient (Wildman–Crippen LogP) is 7.31. The molecule has 1 saturated carbocycles. The van der Waals surface area contributed by atoms with E-state index in [2.05, 4.69) is 0 Å². The molecule has 0 aromatic heterocycles. The van der Waals surface area contributed by atoms with Gasteiger partial charge in [-0.1, -0.05) is 41.5 Å². The van der Waals surface area contributed by atoms with Crippen LogP contribution in [0.4, 0.5) is 0 Å². The number of benzene rings is 1. The number of rotatable bonds is 5. The minimum absolute atomic E-state index is 0.0263. The van der Waals surface area contributed by atoms with Gasteiger partial charge in [-0.2, -0.15) is 0 Å². The van der Waals surface area contributed by atoms with Crippen molar-refractivity contribution in [2.75, 3.05) is 0 Å². The molecule has 1 unspecified atom stereocenters. The number of aliphatic hydroxyl groups excluding tert-OH is 1. The molecular weight excluding hydrogens is 600 g/mol. The molecule has 1 aromatic carbocycles. The molecule has 1 saturated heterocycles. The normalized spacial score (nSPS) is 30.3. The van der Waals surface area contributed by atoms with Gasteiger partial charge < -0.3 is 24.8 Å². The van der Waals surface area contributed by atoms with E-state index >= 15 is 0 Å². The Bertz CT molecular complexity index is 1670. The van der Waals surface area contributed by atoms with Crippen molar-refractivity contribution in [2.24, 2.45) is 39.4 Å². The van der Waals surface area contributed by atoms with Crippen LogP contribution in [-0.2, 0) is 19.1 Å². The number of Topliss-reactive ketones (excluding diaryl/α,β-unsaturated/α-hetero) is 4. The zero-order chi connectivity index (χ0) is 35.9. The highest BCUT2D eigenvalue weighted by atomic mass is 16.7. The van der Waals surface area contributed by atoms with Crippen molar-refractivity contribution in [1.29, 1.82) is 0 Å². The summed E-state index contributed by atoms with van der Waals surface area (Å²) in [5.74, 6) is -7.94. The average Bonchev–Trinajstić information content (AvgIpc) is 3.23. The Morgan fingerprint density at radius 2 is 1.36 bits per heavy atom. The van der Waals surface area contributed by atoms with Gasteiger partial charge in [-0.15, -0.1) is 0 Å². The van der Waals surface area contributed by atoms with E-state index in [9.17, 15) is 34.5 Å². The van der Waals surface area contributed by atoms with E-state index in [-0.39, 0.29) is 33.8 Å². The highest BCUT2D eigenvalue weighted by Crippen LogP contribution is 2.72. The second-order valence-corrected chi connectivity index (χ2v) is 17.7. The average molecular weight is 653 g/mol. The number of allylic oxidation sites excluding steroid dienone is 2. The van der Waals surface area contributed by atoms with Crippen LogP contribution in [0.25, 0.3) is 0 Å². The molecule has 2 aliphatic carbocycles. The molecule has 4 aliphatic rings. The van der Waals surface area contributed by atoms with Crippen molar-refractivity contribution >= 4 is 23.1 Å². The molecule has 0 spiro atoms. The van der Waals surface area contributed by atoms with Crippen LogP contribution >= 0.6 is 0 Å². The van der Waals surface area contributed by atoms with Crippen molar-refractivity contribution in [3.8, 4) is 17.2 Å². The summed E-state index contributed by atoms with van der Waals surface area (Å²) < 4.78 is 13.5. The number of hydrogen-bond donors (Lipinski definition) is 3. The van der Waals surface area contributed by atoms with E-state index in [1.807, 2.05) is 27.7 Å². The van der Waals surface area contributed by atoms with Crippen LogP contribution in [0.3, 0.4) is 0 Å². The van der Waals surface area contributed by atoms with Gasteiger partial charge in [0.1, 0.15) is 28.6 Å². The number of ether oxygens (including phenoxy) is 2. The Balaban J connectivity index is 1.96. The molecule has 9 heteroatoms. The van der Waals surface area contributed by atoms with Crippen molar-refractivity contribution in [2.45, 2.75) is 127 Å². The largest absolute Gasteiger partial charge is 0.511 e. The molecule has 1 aromatic rings. The van der Waals surface area contributed by atoms with E-state index < -0.39 is 97.2 Å². The molecule has 2 aliphatic heterocycles. The monoisotopic (exact) mass is 652 g/mol. The van der Waals surface area contributed by atoms with E-state index in [4.69, 9.17) is 9.47 Å². The van der Waals surface area contributed by atoms with Gasteiger partial charge in [0.15, 0.2) is 23.1 Å². The van der Waals surface area contributed by atoms with Crippen LogP contribution in [-0.4, -0.2) is 49.8 Å². The summed E-state index contributed by atoms with van der Waals surface area (Å²) in [6.07, 6.45) is 0.489. The van der Waals surface area contributed by atoms with E-state index in [0.29, 0.717) is 6.42 Å². The molecule has 258 valence electrons. The van der Waals surface area contributed by atoms with Crippen molar-refractivity contribution in [1.82, 2.24) is 0 Å².